The molecule has 1 saturated heterocycles. The molecule has 144 valence electrons. The van der Waals surface area contributed by atoms with Crippen molar-refractivity contribution in [1.82, 2.24) is 15.2 Å². The van der Waals surface area contributed by atoms with Gasteiger partial charge in [-0.25, -0.2) is 4.98 Å². The van der Waals surface area contributed by atoms with Crippen LogP contribution in [-0.4, -0.2) is 68.3 Å². The summed E-state index contributed by atoms with van der Waals surface area (Å²) in [7, 11) is 0. The average molecular weight is 490 g/mol. The molecule has 0 atom stereocenters. The highest BCUT2D eigenvalue weighted by Gasteiger charge is 2.08. The van der Waals surface area contributed by atoms with Crippen LogP contribution in [0.2, 0.25) is 0 Å². The molecule has 0 saturated carbocycles. The first-order chi connectivity index (χ1) is 12.3. The summed E-state index contributed by atoms with van der Waals surface area (Å²) in [5, 5.41) is 7.38. The van der Waals surface area contributed by atoms with Crippen molar-refractivity contribution in [2.45, 2.75) is 6.42 Å². The number of aromatic nitrogens is 1. The maximum Gasteiger partial charge on any atom is 0.188 e. The summed E-state index contributed by atoms with van der Waals surface area (Å²) in [6, 6.07) is 8.14. The maximum absolute atomic E-state index is 5.90. The number of rotatable bonds is 8. The molecular weight excluding hydrogens is 463 g/mol. The van der Waals surface area contributed by atoms with E-state index in [1.165, 1.54) is 4.70 Å². The van der Waals surface area contributed by atoms with Gasteiger partial charge >= 0.3 is 0 Å². The van der Waals surface area contributed by atoms with Crippen LogP contribution in [0.4, 0.5) is 5.13 Å². The third-order valence-electron chi connectivity index (χ3n) is 4.02. The van der Waals surface area contributed by atoms with Gasteiger partial charge in [0.15, 0.2) is 11.1 Å². The van der Waals surface area contributed by atoms with Gasteiger partial charge in [0.2, 0.25) is 0 Å². The molecule has 2 aromatic rings. The first-order valence-electron chi connectivity index (χ1n) is 8.74. The Hall–Kier alpha value is -1.17. The van der Waals surface area contributed by atoms with Crippen molar-refractivity contribution in [2.75, 3.05) is 57.8 Å². The van der Waals surface area contributed by atoms with Crippen molar-refractivity contribution in [1.29, 1.82) is 0 Å². The number of benzene rings is 1. The van der Waals surface area contributed by atoms with Crippen LogP contribution in [0.5, 0.6) is 0 Å². The number of ether oxygens (including phenoxy) is 1. The molecule has 7 nitrogen and oxygen atoms in total. The number of fused-ring (bicyclic) bond motifs is 1. The van der Waals surface area contributed by atoms with Gasteiger partial charge in [0.05, 0.1) is 23.4 Å². The van der Waals surface area contributed by atoms with E-state index in [0.717, 1.165) is 63.0 Å². The zero-order valence-corrected chi connectivity index (χ0v) is 18.0. The summed E-state index contributed by atoms with van der Waals surface area (Å²) >= 11 is 1.66. The third kappa shape index (κ3) is 6.86. The van der Waals surface area contributed by atoms with E-state index in [-0.39, 0.29) is 24.0 Å². The van der Waals surface area contributed by atoms with Gasteiger partial charge < -0.3 is 21.1 Å². The summed E-state index contributed by atoms with van der Waals surface area (Å²) in [6.45, 7) is 7.01. The van der Waals surface area contributed by atoms with E-state index >= 15 is 0 Å². The van der Waals surface area contributed by atoms with Crippen LogP contribution in [0.1, 0.15) is 6.42 Å². The standard InChI is InChI=1S/C17H26N6OS.HI/c18-16(19-6-3-9-23-10-12-24-13-11-23)20-7-8-21-17-22-14-4-1-2-5-15(14)25-17;/h1-2,4-5H,3,6-13H2,(H,21,22)(H3,18,19,20);1H. The molecule has 1 aliphatic heterocycles. The highest BCUT2D eigenvalue weighted by molar-refractivity contribution is 14.0. The lowest BCUT2D eigenvalue weighted by atomic mass is 10.3. The van der Waals surface area contributed by atoms with E-state index < -0.39 is 0 Å². The molecule has 26 heavy (non-hydrogen) atoms. The number of thiazole rings is 1. The fourth-order valence-corrected chi connectivity index (χ4v) is 3.57. The average Bonchev–Trinajstić information content (AvgIpc) is 3.06. The van der Waals surface area contributed by atoms with E-state index in [0.29, 0.717) is 12.5 Å². The number of hydrogen-bond donors (Lipinski definition) is 3. The van der Waals surface area contributed by atoms with Crippen molar-refractivity contribution in [2.24, 2.45) is 10.7 Å². The minimum atomic E-state index is 0. The fourth-order valence-electron chi connectivity index (χ4n) is 2.68. The van der Waals surface area contributed by atoms with Crippen molar-refractivity contribution in [3.63, 3.8) is 0 Å². The summed E-state index contributed by atoms with van der Waals surface area (Å²) in [6.07, 6.45) is 1.02. The third-order valence-corrected chi connectivity index (χ3v) is 5.01. The lowest BCUT2D eigenvalue weighted by molar-refractivity contribution is 0.0377. The summed E-state index contributed by atoms with van der Waals surface area (Å²) < 4.78 is 6.53. The molecule has 0 spiro atoms. The van der Waals surface area contributed by atoms with E-state index in [2.05, 4.69) is 31.6 Å². The number of halogens is 1. The van der Waals surface area contributed by atoms with Crippen LogP contribution in [0.15, 0.2) is 29.3 Å². The van der Waals surface area contributed by atoms with Crippen LogP contribution >= 0.6 is 35.3 Å². The smallest absolute Gasteiger partial charge is 0.188 e. The Morgan fingerprint density at radius 2 is 2.08 bits per heavy atom. The summed E-state index contributed by atoms with van der Waals surface area (Å²) in [5.74, 6) is 0.507. The second-order valence-electron chi connectivity index (χ2n) is 5.91. The Balaban J connectivity index is 0.00000243. The molecule has 1 aliphatic rings. The van der Waals surface area contributed by atoms with Crippen LogP contribution in [0.25, 0.3) is 10.2 Å². The van der Waals surface area contributed by atoms with Crippen LogP contribution in [0, 0.1) is 0 Å². The number of morpholine rings is 1. The topological polar surface area (TPSA) is 87.8 Å². The summed E-state index contributed by atoms with van der Waals surface area (Å²) in [5.41, 5.74) is 6.93. The SMILES string of the molecule is I.NC(=NCCCN1CCOCC1)NCCNc1nc2ccccc2s1. The number of nitrogens with zero attached hydrogens (tertiary/aromatic N) is 3. The number of para-hydroxylation sites is 1. The zero-order valence-electron chi connectivity index (χ0n) is 14.8. The largest absolute Gasteiger partial charge is 0.379 e. The van der Waals surface area contributed by atoms with Crippen LogP contribution in [0.3, 0.4) is 0 Å². The van der Waals surface area contributed by atoms with Crippen LogP contribution < -0.4 is 16.4 Å². The second-order valence-corrected chi connectivity index (χ2v) is 6.95. The van der Waals surface area contributed by atoms with E-state index in [9.17, 15) is 0 Å². The van der Waals surface area contributed by atoms with Crippen LogP contribution in [-0.2, 0) is 4.74 Å². The molecule has 1 fully saturated rings. The number of guanidine groups is 1. The zero-order chi connectivity index (χ0) is 17.3. The predicted octanol–water partition coefficient (Wildman–Crippen LogP) is 1.95. The molecule has 0 unspecified atom stereocenters. The maximum atomic E-state index is 5.90. The lowest BCUT2D eigenvalue weighted by Crippen LogP contribution is -2.37. The van der Waals surface area contributed by atoms with Crippen molar-refractivity contribution >= 4 is 56.6 Å². The molecule has 0 aliphatic carbocycles. The van der Waals surface area contributed by atoms with Gasteiger partial charge in [-0.3, -0.25) is 9.89 Å². The molecule has 1 aromatic heterocycles. The van der Waals surface area contributed by atoms with Gasteiger partial charge in [-0.05, 0) is 18.6 Å². The number of nitrogens with one attached hydrogen (secondary N) is 2. The Morgan fingerprint density at radius 1 is 1.27 bits per heavy atom. The predicted molar refractivity (Wildman–Crippen MR) is 120 cm³/mol. The van der Waals surface area contributed by atoms with E-state index in [1.807, 2.05) is 18.2 Å². The Bertz CT molecular complexity index is 656. The molecule has 2 heterocycles. The molecule has 0 radical (unpaired) electrons. The molecule has 0 amide bonds. The lowest BCUT2D eigenvalue weighted by Gasteiger charge is -2.26. The molecule has 9 heteroatoms. The highest BCUT2D eigenvalue weighted by atomic mass is 127. The summed E-state index contributed by atoms with van der Waals surface area (Å²) in [4.78, 5) is 11.3. The first kappa shape index (κ1) is 21.1. The molecule has 0 bridgehead atoms. The number of anilines is 1. The quantitative estimate of drug-likeness (QED) is 0.227. The minimum Gasteiger partial charge on any atom is -0.379 e. The minimum absolute atomic E-state index is 0. The van der Waals surface area contributed by atoms with Gasteiger partial charge in [-0.15, -0.1) is 24.0 Å². The Labute approximate surface area is 175 Å². The van der Waals surface area contributed by atoms with E-state index in [4.69, 9.17) is 10.5 Å². The second kappa shape index (κ2) is 11.5. The monoisotopic (exact) mass is 490 g/mol. The number of nitrogens with two attached hydrogens (primary N) is 1. The van der Waals surface area contributed by atoms with Gasteiger partial charge in [-0.2, -0.15) is 0 Å². The molecule has 3 rings (SSSR count). The van der Waals surface area contributed by atoms with Crippen molar-refractivity contribution < 1.29 is 4.74 Å². The van der Waals surface area contributed by atoms with Crippen molar-refractivity contribution in [3.8, 4) is 0 Å². The van der Waals surface area contributed by atoms with Gasteiger partial charge in [-0.1, -0.05) is 23.5 Å². The first-order valence-corrected chi connectivity index (χ1v) is 9.56. The van der Waals surface area contributed by atoms with Gasteiger partial charge in [0.25, 0.3) is 0 Å². The van der Waals surface area contributed by atoms with E-state index in [1.54, 1.807) is 11.3 Å². The Morgan fingerprint density at radius 3 is 2.88 bits per heavy atom. The van der Waals surface area contributed by atoms with Gasteiger partial charge in [0, 0.05) is 39.3 Å². The van der Waals surface area contributed by atoms with Gasteiger partial charge in [0.1, 0.15) is 0 Å². The molecular formula is C17H27IN6OS. The fraction of sp³-hybridized carbons (Fsp3) is 0.529. The number of aliphatic imine (C=N–C) groups is 1. The molecule has 4 N–H and O–H groups in total. The highest BCUT2D eigenvalue weighted by Crippen LogP contribution is 2.24. The number of hydrogen-bond acceptors (Lipinski definition) is 6. The van der Waals surface area contributed by atoms with Crippen molar-refractivity contribution in [3.05, 3.63) is 24.3 Å². The normalized spacial score (nSPS) is 15.6. The molecule has 1 aromatic carbocycles. The Kier molecular flexibility index (Phi) is 9.37.